The molecule has 0 amide bonds. The summed E-state index contributed by atoms with van der Waals surface area (Å²) in [5.74, 6) is 2.42. The second-order valence-electron chi connectivity index (χ2n) is 10.8. The van der Waals surface area contributed by atoms with Crippen molar-refractivity contribution in [1.82, 2.24) is 0 Å². The van der Waals surface area contributed by atoms with Crippen LogP contribution in [0.5, 0.6) is 0 Å². The first-order valence-corrected chi connectivity index (χ1v) is 11.2. The monoisotopic (exact) mass is 379 g/mol. The van der Waals surface area contributed by atoms with Crippen LogP contribution in [0.25, 0.3) is 0 Å². The Labute approximate surface area is 164 Å². The first-order chi connectivity index (χ1) is 12.6. The molecule has 27 heavy (non-hydrogen) atoms. The van der Waals surface area contributed by atoms with Gasteiger partial charge in [0, 0.05) is 12.3 Å². The van der Waals surface area contributed by atoms with Crippen LogP contribution in [0.2, 0.25) is 0 Å². The van der Waals surface area contributed by atoms with Crippen LogP contribution < -0.4 is 0 Å². The average Bonchev–Trinajstić information content (AvgIpc) is 2.87. The van der Waals surface area contributed by atoms with E-state index in [0.717, 1.165) is 44.9 Å². The fraction of sp³-hybridized carbons (Fsp3) is 0.957. The maximum absolute atomic E-state index is 11.4. The van der Waals surface area contributed by atoms with E-state index < -0.39 is 11.7 Å². The molecule has 9 atom stereocenters. The van der Waals surface area contributed by atoms with Crippen molar-refractivity contribution >= 4 is 5.97 Å². The molecule has 4 heteroatoms. The van der Waals surface area contributed by atoms with Gasteiger partial charge in [-0.05, 0) is 93.8 Å². The van der Waals surface area contributed by atoms with Gasteiger partial charge in [-0.3, -0.25) is 4.79 Å². The van der Waals surface area contributed by atoms with Crippen molar-refractivity contribution in [1.29, 1.82) is 0 Å². The van der Waals surface area contributed by atoms with Gasteiger partial charge in [-0.1, -0.05) is 13.8 Å². The second-order valence-corrected chi connectivity index (χ2v) is 10.8. The Bertz CT molecular complexity index is 603. The highest BCUT2D eigenvalue weighted by Gasteiger charge is 2.65. The van der Waals surface area contributed by atoms with Crippen LogP contribution in [0.1, 0.15) is 85.5 Å². The highest BCUT2D eigenvalue weighted by molar-refractivity contribution is 5.66. The van der Waals surface area contributed by atoms with Crippen LogP contribution >= 0.6 is 0 Å². The number of hydrogen-bond donors (Lipinski definition) is 2. The van der Waals surface area contributed by atoms with Gasteiger partial charge in [-0.15, -0.1) is 0 Å². The molecule has 4 aliphatic carbocycles. The fourth-order valence-corrected chi connectivity index (χ4v) is 8.30. The van der Waals surface area contributed by atoms with Crippen molar-refractivity contribution in [3.63, 3.8) is 0 Å². The summed E-state index contributed by atoms with van der Waals surface area (Å²) in [6, 6.07) is 0. The zero-order chi connectivity index (χ0) is 19.6. The van der Waals surface area contributed by atoms with Crippen molar-refractivity contribution in [2.75, 3.05) is 0 Å². The molecular weight excluding hydrogens is 341 g/mol. The topological polar surface area (TPSA) is 66.8 Å². The number of ether oxygens (including phenoxy) is 1. The molecule has 4 fully saturated rings. The first kappa shape index (κ1) is 19.7. The largest absolute Gasteiger partial charge is 0.463 e. The Morgan fingerprint density at radius 3 is 2.41 bits per heavy atom. The van der Waals surface area contributed by atoms with Gasteiger partial charge in [0.25, 0.3) is 0 Å². The number of carbonyl (C=O) groups is 1. The molecule has 4 aliphatic rings. The molecule has 0 aromatic carbocycles. The Kier molecular flexibility index (Phi) is 4.71. The summed E-state index contributed by atoms with van der Waals surface area (Å²) >= 11 is 0. The minimum Gasteiger partial charge on any atom is -0.463 e. The molecule has 4 saturated carbocycles. The maximum Gasteiger partial charge on any atom is 0.302 e. The normalized spacial score (nSPS) is 53.0. The van der Waals surface area contributed by atoms with E-state index in [9.17, 15) is 15.0 Å². The van der Waals surface area contributed by atoms with E-state index in [1.54, 1.807) is 6.92 Å². The average molecular weight is 380 g/mol. The lowest BCUT2D eigenvalue weighted by Crippen LogP contribution is -2.59. The number of rotatable bonds is 2. The number of esters is 1. The highest BCUT2D eigenvalue weighted by Crippen LogP contribution is 2.68. The molecule has 0 unspecified atom stereocenters. The molecule has 0 saturated heterocycles. The van der Waals surface area contributed by atoms with Crippen LogP contribution in [-0.4, -0.2) is 34.0 Å². The lowest BCUT2D eigenvalue weighted by Gasteiger charge is -2.62. The minimum absolute atomic E-state index is 0.109. The molecule has 4 rings (SSSR count). The van der Waals surface area contributed by atoms with E-state index in [2.05, 4.69) is 13.8 Å². The van der Waals surface area contributed by atoms with Crippen LogP contribution in [0.3, 0.4) is 0 Å². The van der Waals surface area contributed by atoms with Gasteiger partial charge in [-0.25, -0.2) is 0 Å². The molecule has 4 nitrogen and oxygen atoms in total. The van der Waals surface area contributed by atoms with Gasteiger partial charge in [-0.2, -0.15) is 0 Å². The molecule has 154 valence electrons. The van der Waals surface area contributed by atoms with Gasteiger partial charge in [0.15, 0.2) is 0 Å². The lowest BCUT2D eigenvalue weighted by atomic mass is 9.44. The summed E-state index contributed by atoms with van der Waals surface area (Å²) in [5.41, 5.74) is -0.736. The van der Waals surface area contributed by atoms with Crippen LogP contribution in [0.15, 0.2) is 0 Å². The summed E-state index contributed by atoms with van der Waals surface area (Å²) in [4.78, 5) is 11.4. The molecular formula is C23H38O4. The first-order valence-electron chi connectivity index (χ1n) is 11.2. The van der Waals surface area contributed by atoms with Gasteiger partial charge in [0.1, 0.15) is 6.10 Å². The second kappa shape index (κ2) is 6.45. The molecule has 0 bridgehead atoms. The zero-order valence-electron chi connectivity index (χ0n) is 17.5. The van der Waals surface area contributed by atoms with Crippen molar-refractivity contribution in [3.8, 4) is 0 Å². The van der Waals surface area contributed by atoms with Gasteiger partial charge in [0.2, 0.25) is 0 Å². The number of aliphatic hydroxyl groups is 2. The van der Waals surface area contributed by atoms with E-state index in [0.29, 0.717) is 29.1 Å². The number of aliphatic hydroxyl groups excluding tert-OH is 1. The minimum atomic E-state index is -0.923. The molecule has 0 radical (unpaired) electrons. The highest BCUT2D eigenvalue weighted by atomic mass is 16.5. The molecule has 0 spiro atoms. The third-order valence-corrected chi connectivity index (χ3v) is 9.86. The van der Waals surface area contributed by atoms with Crippen LogP contribution in [0, 0.1) is 34.5 Å². The van der Waals surface area contributed by atoms with Crippen molar-refractivity contribution in [2.24, 2.45) is 34.5 Å². The number of hydrogen-bond acceptors (Lipinski definition) is 4. The van der Waals surface area contributed by atoms with Crippen LogP contribution in [0.4, 0.5) is 0 Å². The Hall–Kier alpha value is -0.610. The van der Waals surface area contributed by atoms with E-state index in [4.69, 9.17) is 4.74 Å². The molecule has 2 N–H and O–H groups in total. The van der Waals surface area contributed by atoms with Crippen LogP contribution in [-0.2, 0) is 9.53 Å². The van der Waals surface area contributed by atoms with Crippen molar-refractivity contribution in [2.45, 2.75) is 103 Å². The maximum atomic E-state index is 11.4. The lowest BCUT2D eigenvalue weighted by molar-refractivity contribution is -0.188. The summed E-state index contributed by atoms with van der Waals surface area (Å²) in [6.07, 6.45) is 9.05. The third-order valence-electron chi connectivity index (χ3n) is 9.86. The zero-order valence-corrected chi connectivity index (χ0v) is 17.5. The SMILES string of the molecule is CC(=O)O[C@@H]1CC[C@@]2(C)[C@H](CC[C@@H]3[C@@H]2CC[C@@]2(C)[C@H]3CC[C@]2(O)[13C@@H](C)O)C1. The predicted molar refractivity (Wildman–Crippen MR) is 104 cm³/mol. The third kappa shape index (κ3) is 2.73. The number of carbonyl (C=O) groups excluding carboxylic acids is 1. The summed E-state index contributed by atoms with van der Waals surface area (Å²) in [6.45, 7) is 8.04. The van der Waals surface area contributed by atoms with Gasteiger partial charge < -0.3 is 14.9 Å². The molecule has 0 heterocycles. The van der Waals surface area contributed by atoms with E-state index in [-0.39, 0.29) is 17.5 Å². The van der Waals surface area contributed by atoms with Gasteiger partial charge >= 0.3 is 5.97 Å². The predicted octanol–water partition coefficient (Wildman–Crippen LogP) is 4.07. The standard InChI is InChI=1S/C23H38O4/c1-14(24)23(26)12-9-20-18-6-5-16-13-17(27-15(2)25)7-10-21(16,3)19(18)8-11-22(20,23)4/h14,16-20,24,26H,5-13H2,1-4H3/t14-,16-,17-,18-,19+,20+,21+,22+,23+/m1/s1/i14+1. The fourth-order valence-electron chi connectivity index (χ4n) is 8.30. The summed E-state index contributed by atoms with van der Waals surface area (Å²) in [7, 11) is 0. The van der Waals surface area contributed by atoms with Crippen molar-refractivity contribution in [3.05, 3.63) is 0 Å². The summed E-state index contributed by atoms with van der Waals surface area (Å²) in [5, 5.41) is 21.7. The van der Waals surface area contributed by atoms with E-state index >= 15 is 0 Å². The number of fused-ring (bicyclic) bond motifs is 5. The van der Waals surface area contributed by atoms with Gasteiger partial charge in [0.05, 0.1) is 11.7 Å². The van der Waals surface area contributed by atoms with E-state index in [1.807, 2.05) is 0 Å². The Balaban J connectivity index is 1.55. The summed E-state index contributed by atoms with van der Waals surface area (Å²) < 4.78 is 5.56. The Morgan fingerprint density at radius 1 is 1.04 bits per heavy atom. The molecule has 0 aliphatic heterocycles. The quantitative estimate of drug-likeness (QED) is 0.561. The Morgan fingerprint density at radius 2 is 1.74 bits per heavy atom. The molecule has 0 aromatic rings. The van der Waals surface area contributed by atoms with Crippen molar-refractivity contribution < 1.29 is 19.7 Å². The smallest absolute Gasteiger partial charge is 0.302 e. The van der Waals surface area contributed by atoms with E-state index in [1.165, 1.54) is 19.8 Å². The molecule has 0 aromatic heterocycles.